The summed E-state index contributed by atoms with van der Waals surface area (Å²) in [6.07, 6.45) is 9.59. The van der Waals surface area contributed by atoms with E-state index in [4.69, 9.17) is 21.1 Å². The molecule has 0 atom stereocenters. The number of carbonyl (C=O) groups is 1. The Balaban J connectivity index is 0.898. The van der Waals surface area contributed by atoms with E-state index in [9.17, 15) is 23.3 Å². The molecule has 1 saturated carbocycles. The van der Waals surface area contributed by atoms with Gasteiger partial charge in [-0.2, -0.15) is 0 Å². The van der Waals surface area contributed by atoms with Gasteiger partial charge in [-0.25, -0.2) is 18.1 Å². The zero-order valence-electron chi connectivity index (χ0n) is 36.7. The number of nitrogens with one attached hydrogen (secondary N) is 3. The number of carbonyl (C=O) groups excluding carboxylic acids is 1. The van der Waals surface area contributed by atoms with Gasteiger partial charge in [0.05, 0.1) is 40.8 Å². The molecule has 0 unspecified atom stereocenters. The van der Waals surface area contributed by atoms with Gasteiger partial charge in [-0.1, -0.05) is 43.2 Å². The molecule has 15 nitrogen and oxygen atoms in total. The molecular formula is C48H55ClN8O7S. The average molecular weight is 924 g/mol. The number of fused-ring (bicyclic) bond motifs is 1. The van der Waals surface area contributed by atoms with Gasteiger partial charge in [0.25, 0.3) is 21.6 Å². The lowest BCUT2D eigenvalue weighted by Gasteiger charge is -2.39. The Bertz CT molecular complexity index is 2710. The van der Waals surface area contributed by atoms with Crippen LogP contribution in [0.25, 0.3) is 16.6 Å². The predicted octanol–water partition coefficient (Wildman–Crippen LogP) is 8.49. The molecule has 0 bridgehead atoms. The number of anilines is 2. The van der Waals surface area contributed by atoms with Gasteiger partial charge in [-0.3, -0.25) is 24.7 Å². The van der Waals surface area contributed by atoms with Crippen LogP contribution in [0, 0.1) is 15.5 Å². The number of hydrogen-bond acceptors (Lipinski definition) is 12. The molecule has 0 spiro atoms. The Morgan fingerprint density at radius 3 is 2.54 bits per heavy atom. The van der Waals surface area contributed by atoms with Gasteiger partial charge in [0.1, 0.15) is 22.8 Å². The van der Waals surface area contributed by atoms with Crippen molar-refractivity contribution in [2.24, 2.45) is 5.41 Å². The molecule has 2 aliphatic carbocycles. The zero-order chi connectivity index (χ0) is 45.3. The minimum Gasteiger partial charge on any atom is -0.455 e. The monoisotopic (exact) mass is 922 g/mol. The van der Waals surface area contributed by atoms with Crippen LogP contribution in [0.1, 0.15) is 68.3 Å². The molecule has 17 heteroatoms. The molecule has 342 valence electrons. The van der Waals surface area contributed by atoms with E-state index in [1.807, 2.05) is 18.2 Å². The Morgan fingerprint density at radius 2 is 1.82 bits per heavy atom. The highest BCUT2D eigenvalue weighted by Gasteiger charge is 2.37. The molecule has 2 aliphatic heterocycles. The van der Waals surface area contributed by atoms with Gasteiger partial charge in [0.2, 0.25) is 0 Å². The van der Waals surface area contributed by atoms with E-state index < -0.39 is 31.4 Å². The van der Waals surface area contributed by atoms with E-state index in [0.717, 1.165) is 100 Å². The maximum atomic E-state index is 14.0. The number of halogens is 1. The van der Waals surface area contributed by atoms with E-state index in [-0.39, 0.29) is 22.4 Å². The highest BCUT2D eigenvalue weighted by Crippen LogP contribution is 2.43. The third kappa shape index (κ3) is 10.5. The smallest absolute Gasteiger partial charge is 0.293 e. The number of nitro benzene ring substituents is 1. The first kappa shape index (κ1) is 44.7. The standard InChI is InChI=1S/C48H55ClN8O7S/c1-48(2)16-14-34(42(27-48)32-4-6-35(49)7-5-32)29-54-20-22-55(23-21-54)37-10-12-41(45(25-37)64-39-24-33-15-18-51-46(33)52-28-39)47(58)53-65(61,62)40-11-13-43(44(26-40)57(59)60)50-17-3-19-56(36-8-9-36)38-30-63-31-38/h4-7,10-13,15,18,24-26,28,36,38,50H,3,8-9,14,16-17,19-23,27,29-31H2,1-2H3,(H,51,52)(H,53,58). The van der Waals surface area contributed by atoms with Gasteiger partial charge < -0.3 is 24.7 Å². The number of H-pyrrole nitrogens is 1. The number of nitro groups is 1. The Kier molecular flexibility index (Phi) is 12.9. The lowest BCUT2D eigenvalue weighted by Crippen LogP contribution is -2.50. The number of piperazine rings is 1. The van der Waals surface area contributed by atoms with Crippen molar-refractivity contribution >= 4 is 61.2 Å². The number of sulfonamides is 1. The Hall–Kier alpha value is -5.52. The van der Waals surface area contributed by atoms with E-state index in [2.05, 4.69) is 60.7 Å². The van der Waals surface area contributed by atoms with Crippen molar-refractivity contribution in [2.45, 2.75) is 69.4 Å². The van der Waals surface area contributed by atoms with Crippen LogP contribution in [0.3, 0.4) is 0 Å². The number of allylic oxidation sites excluding steroid dienone is 1. The van der Waals surface area contributed by atoms with Crippen molar-refractivity contribution in [1.29, 1.82) is 0 Å². The van der Waals surface area contributed by atoms with Crippen molar-refractivity contribution in [3.05, 3.63) is 117 Å². The fraction of sp³-hybridized carbons (Fsp3) is 0.417. The van der Waals surface area contributed by atoms with Gasteiger partial charge in [0, 0.05) is 86.3 Å². The Morgan fingerprint density at radius 1 is 1.03 bits per heavy atom. The molecule has 1 amide bonds. The minimum absolute atomic E-state index is 0.0338. The molecule has 4 heterocycles. The first-order chi connectivity index (χ1) is 31.3. The number of benzene rings is 3. The summed E-state index contributed by atoms with van der Waals surface area (Å²) in [6.45, 7) is 11.4. The van der Waals surface area contributed by atoms with Gasteiger partial charge in [0.15, 0.2) is 0 Å². The molecule has 3 N–H and O–H groups in total. The second-order valence-electron chi connectivity index (χ2n) is 18.4. The van der Waals surface area contributed by atoms with Crippen LogP contribution in [-0.4, -0.2) is 110 Å². The maximum Gasteiger partial charge on any atom is 0.293 e. The highest BCUT2D eigenvalue weighted by atomic mass is 35.5. The largest absolute Gasteiger partial charge is 0.455 e. The second kappa shape index (κ2) is 18.8. The van der Waals surface area contributed by atoms with Crippen LogP contribution in [0.15, 0.2) is 95.7 Å². The summed E-state index contributed by atoms with van der Waals surface area (Å²) in [5.74, 6) is -0.464. The zero-order valence-corrected chi connectivity index (χ0v) is 38.3. The van der Waals surface area contributed by atoms with E-state index in [0.29, 0.717) is 30.0 Å². The molecule has 2 aromatic heterocycles. The number of nitrogens with zero attached hydrogens (tertiary/aromatic N) is 5. The molecule has 5 aromatic rings. The SMILES string of the molecule is CC1(C)CCC(CN2CCN(c3ccc(C(=O)NS(=O)(=O)c4ccc(NCCCN(C5CC5)C5COC5)c([N+](=O)[O-])c4)c(Oc4cnc5[nH]ccc5c4)c3)CC2)=C(c2ccc(Cl)cc2)C1. The van der Waals surface area contributed by atoms with E-state index in [1.54, 1.807) is 30.5 Å². The Labute approximate surface area is 384 Å². The summed E-state index contributed by atoms with van der Waals surface area (Å²) in [6, 6.07) is 21.5. The average Bonchev–Trinajstić information content (AvgIpc) is 4.01. The lowest BCUT2D eigenvalue weighted by molar-refractivity contribution is -0.384. The molecular weight excluding hydrogens is 868 g/mol. The number of amides is 1. The summed E-state index contributed by atoms with van der Waals surface area (Å²) >= 11 is 6.25. The fourth-order valence-electron chi connectivity index (χ4n) is 9.16. The van der Waals surface area contributed by atoms with Crippen LogP contribution < -0.4 is 19.7 Å². The van der Waals surface area contributed by atoms with Crippen LogP contribution in [0.5, 0.6) is 11.5 Å². The molecule has 3 fully saturated rings. The van der Waals surface area contributed by atoms with Crippen LogP contribution in [0.2, 0.25) is 5.02 Å². The molecule has 4 aliphatic rings. The van der Waals surface area contributed by atoms with Gasteiger partial charge in [-0.15, -0.1) is 0 Å². The molecule has 0 radical (unpaired) electrons. The van der Waals surface area contributed by atoms with Crippen LogP contribution in [-0.2, 0) is 14.8 Å². The predicted molar refractivity (Wildman–Crippen MR) is 252 cm³/mol. The summed E-state index contributed by atoms with van der Waals surface area (Å²) in [7, 11) is -4.56. The third-order valence-electron chi connectivity index (χ3n) is 13.1. The normalized spacial score (nSPS) is 18.2. The van der Waals surface area contributed by atoms with E-state index in [1.165, 1.54) is 47.9 Å². The molecule has 3 aromatic carbocycles. The van der Waals surface area contributed by atoms with Crippen molar-refractivity contribution in [2.75, 3.05) is 69.2 Å². The van der Waals surface area contributed by atoms with Crippen LogP contribution >= 0.6 is 11.6 Å². The minimum atomic E-state index is -4.56. The third-order valence-corrected chi connectivity index (χ3v) is 14.6. The maximum absolute atomic E-state index is 14.0. The van der Waals surface area contributed by atoms with E-state index >= 15 is 0 Å². The summed E-state index contributed by atoms with van der Waals surface area (Å²) in [5, 5.41) is 16.8. The topological polar surface area (TPSA) is 175 Å². The first-order valence-electron chi connectivity index (χ1n) is 22.4. The van der Waals surface area contributed by atoms with Crippen molar-refractivity contribution in [3.8, 4) is 11.5 Å². The van der Waals surface area contributed by atoms with Crippen LogP contribution in [0.4, 0.5) is 17.1 Å². The fourth-order valence-corrected chi connectivity index (χ4v) is 10.3. The van der Waals surface area contributed by atoms with Crippen molar-refractivity contribution in [3.63, 3.8) is 0 Å². The molecule has 65 heavy (non-hydrogen) atoms. The second-order valence-corrected chi connectivity index (χ2v) is 20.5. The first-order valence-corrected chi connectivity index (χ1v) is 24.3. The van der Waals surface area contributed by atoms with Gasteiger partial charge in [-0.05, 0) is 104 Å². The summed E-state index contributed by atoms with van der Waals surface area (Å²) < 4.78 is 41.4. The quantitative estimate of drug-likeness (QED) is 0.0462. The number of aromatic amines is 1. The number of pyridine rings is 1. The summed E-state index contributed by atoms with van der Waals surface area (Å²) in [4.78, 5) is 39.8. The number of aromatic nitrogens is 2. The molecule has 2 saturated heterocycles. The number of rotatable bonds is 17. The van der Waals surface area contributed by atoms with Crippen molar-refractivity contribution < 1.29 is 27.6 Å². The number of hydrogen-bond donors (Lipinski definition) is 3. The lowest BCUT2D eigenvalue weighted by atomic mass is 9.72. The number of ether oxygens (including phenoxy) is 2. The van der Waals surface area contributed by atoms with Gasteiger partial charge >= 0.3 is 0 Å². The van der Waals surface area contributed by atoms with Crippen molar-refractivity contribution in [1.82, 2.24) is 24.5 Å². The summed E-state index contributed by atoms with van der Waals surface area (Å²) in [5.41, 5.74) is 5.57. The highest BCUT2D eigenvalue weighted by molar-refractivity contribution is 7.90. The molecule has 9 rings (SSSR count).